The van der Waals surface area contributed by atoms with Gasteiger partial charge in [-0.25, -0.2) is 8.42 Å². The lowest BCUT2D eigenvalue weighted by Gasteiger charge is -2.27. The average Bonchev–Trinajstić information content (AvgIpc) is 3.34. The zero-order valence-electron chi connectivity index (χ0n) is 18.5. The molecule has 2 aromatic carbocycles. The molecule has 2 aliphatic rings. The van der Waals surface area contributed by atoms with Crippen molar-refractivity contribution in [1.82, 2.24) is 4.31 Å². The molecule has 0 aliphatic carbocycles. The second kappa shape index (κ2) is 10.3. The van der Waals surface area contributed by atoms with Crippen molar-refractivity contribution in [3.63, 3.8) is 0 Å². The van der Waals surface area contributed by atoms with Gasteiger partial charge in [0, 0.05) is 31.2 Å². The van der Waals surface area contributed by atoms with Gasteiger partial charge in [0.25, 0.3) is 5.91 Å². The third kappa shape index (κ3) is 5.60. The molecule has 4 rings (SSSR count). The third-order valence-corrected chi connectivity index (χ3v) is 7.92. The Labute approximate surface area is 199 Å². The first kappa shape index (κ1) is 23.8. The molecule has 8 nitrogen and oxygen atoms in total. The Bertz CT molecular complexity index is 1110. The maximum Gasteiger partial charge on any atom is 0.262 e. The third-order valence-electron chi connectivity index (χ3n) is 5.79. The van der Waals surface area contributed by atoms with Crippen molar-refractivity contribution in [2.24, 2.45) is 0 Å². The van der Waals surface area contributed by atoms with Crippen LogP contribution in [-0.4, -0.2) is 64.6 Å². The summed E-state index contributed by atoms with van der Waals surface area (Å²) in [4.78, 5) is 15.0. The number of morpholine rings is 1. The lowest BCUT2D eigenvalue weighted by molar-refractivity contribution is -0.118. The predicted molar refractivity (Wildman–Crippen MR) is 128 cm³/mol. The lowest BCUT2D eigenvalue weighted by Crippen LogP contribution is -2.40. The molecule has 2 saturated heterocycles. The highest BCUT2D eigenvalue weighted by molar-refractivity contribution is 7.89. The first-order chi connectivity index (χ1) is 15.8. The van der Waals surface area contributed by atoms with E-state index in [2.05, 4.69) is 10.2 Å². The van der Waals surface area contributed by atoms with Crippen molar-refractivity contribution >= 4 is 38.9 Å². The number of hydrogen-bond acceptors (Lipinski definition) is 6. The molecular formula is C23H28ClN3O5S. The van der Waals surface area contributed by atoms with Gasteiger partial charge >= 0.3 is 0 Å². The van der Waals surface area contributed by atoms with Gasteiger partial charge in [-0.15, -0.1) is 0 Å². The van der Waals surface area contributed by atoms with Crippen LogP contribution in [0.15, 0.2) is 41.3 Å². The van der Waals surface area contributed by atoms with Crippen LogP contribution in [0.1, 0.15) is 18.4 Å². The van der Waals surface area contributed by atoms with E-state index in [4.69, 9.17) is 21.1 Å². The minimum absolute atomic E-state index is 0.150. The molecule has 1 amide bonds. The second-order valence-corrected chi connectivity index (χ2v) is 10.5. The van der Waals surface area contributed by atoms with Gasteiger partial charge in [0.1, 0.15) is 5.75 Å². The van der Waals surface area contributed by atoms with Crippen molar-refractivity contribution < 1.29 is 22.7 Å². The molecule has 0 spiro atoms. The first-order valence-corrected chi connectivity index (χ1v) is 12.8. The Kier molecular flexibility index (Phi) is 7.43. The van der Waals surface area contributed by atoms with Gasteiger partial charge in [0.15, 0.2) is 6.61 Å². The van der Waals surface area contributed by atoms with Gasteiger partial charge in [-0.1, -0.05) is 11.6 Å². The number of halogens is 1. The second-order valence-electron chi connectivity index (χ2n) is 8.14. The van der Waals surface area contributed by atoms with Crippen LogP contribution in [0.2, 0.25) is 5.02 Å². The molecule has 10 heteroatoms. The summed E-state index contributed by atoms with van der Waals surface area (Å²) in [5.41, 5.74) is 2.10. The SMILES string of the molecule is Cc1cc(Cl)ccc1OCC(=O)Nc1cc(S(=O)(=O)N2CCOCC2)ccc1N1CCCC1. The summed E-state index contributed by atoms with van der Waals surface area (Å²) in [6, 6.07) is 10.1. The number of nitrogens with one attached hydrogen (secondary N) is 1. The molecule has 0 unspecified atom stereocenters. The van der Waals surface area contributed by atoms with Gasteiger partial charge in [-0.05, 0) is 61.7 Å². The molecule has 0 atom stereocenters. The molecule has 2 aliphatic heterocycles. The summed E-state index contributed by atoms with van der Waals surface area (Å²) in [6.07, 6.45) is 2.11. The monoisotopic (exact) mass is 493 g/mol. The smallest absolute Gasteiger partial charge is 0.262 e. The van der Waals surface area contributed by atoms with Crippen molar-refractivity contribution in [3.8, 4) is 5.75 Å². The Morgan fingerprint density at radius 3 is 2.52 bits per heavy atom. The standard InChI is InChI=1S/C23H28ClN3O5S/c1-17-14-18(24)4-7-22(17)32-16-23(28)25-20-15-19(5-6-21(20)26-8-2-3-9-26)33(29,30)27-10-12-31-13-11-27/h4-7,14-15H,2-3,8-13,16H2,1H3,(H,25,28). The highest BCUT2D eigenvalue weighted by Gasteiger charge is 2.28. The van der Waals surface area contributed by atoms with E-state index in [-0.39, 0.29) is 17.4 Å². The summed E-state index contributed by atoms with van der Waals surface area (Å²) in [7, 11) is -3.69. The zero-order chi connectivity index (χ0) is 23.4. The molecule has 0 radical (unpaired) electrons. The maximum absolute atomic E-state index is 13.1. The normalized spacial score (nSPS) is 17.2. The largest absolute Gasteiger partial charge is 0.483 e. The number of carbonyl (C=O) groups excluding carboxylic acids is 1. The molecule has 2 aromatic rings. The summed E-state index contributed by atoms with van der Waals surface area (Å²) < 4.78 is 38.6. The van der Waals surface area contributed by atoms with Crippen LogP contribution in [0.5, 0.6) is 5.75 Å². The van der Waals surface area contributed by atoms with Crippen LogP contribution in [0.3, 0.4) is 0 Å². The van der Waals surface area contributed by atoms with E-state index in [0.717, 1.165) is 37.2 Å². The number of carbonyl (C=O) groups is 1. The number of sulfonamides is 1. The van der Waals surface area contributed by atoms with Gasteiger partial charge in [0.05, 0.1) is 29.5 Å². The summed E-state index contributed by atoms with van der Waals surface area (Å²) in [6.45, 7) is 4.73. The predicted octanol–water partition coefficient (Wildman–Crippen LogP) is 3.29. The van der Waals surface area contributed by atoms with E-state index in [1.165, 1.54) is 4.31 Å². The Balaban J connectivity index is 1.55. The number of anilines is 2. The molecule has 1 N–H and O–H groups in total. The number of hydrogen-bond donors (Lipinski definition) is 1. The fourth-order valence-corrected chi connectivity index (χ4v) is 5.71. The highest BCUT2D eigenvalue weighted by Crippen LogP contribution is 2.32. The first-order valence-electron chi connectivity index (χ1n) is 11.0. The quantitative estimate of drug-likeness (QED) is 0.636. The highest BCUT2D eigenvalue weighted by atomic mass is 35.5. The number of ether oxygens (including phenoxy) is 2. The van der Waals surface area contributed by atoms with E-state index >= 15 is 0 Å². The topological polar surface area (TPSA) is 88.2 Å². The molecule has 0 saturated carbocycles. The van der Waals surface area contributed by atoms with E-state index in [1.807, 2.05) is 6.92 Å². The molecule has 0 aromatic heterocycles. The molecular weight excluding hydrogens is 466 g/mol. The van der Waals surface area contributed by atoms with E-state index in [1.54, 1.807) is 36.4 Å². The van der Waals surface area contributed by atoms with Crippen molar-refractivity contribution in [2.45, 2.75) is 24.7 Å². The fraction of sp³-hybridized carbons (Fsp3) is 0.435. The molecule has 33 heavy (non-hydrogen) atoms. The zero-order valence-corrected chi connectivity index (χ0v) is 20.1. The van der Waals surface area contributed by atoms with Crippen LogP contribution in [0, 0.1) is 6.92 Å². The van der Waals surface area contributed by atoms with E-state index < -0.39 is 10.0 Å². The maximum atomic E-state index is 13.1. The van der Waals surface area contributed by atoms with E-state index in [9.17, 15) is 13.2 Å². The summed E-state index contributed by atoms with van der Waals surface area (Å²) >= 11 is 5.98. The van der Waals surface area contributed by atoms with Gasteiger partial charge in [-0.2, -0.15) is 4.31 Å². The van der Waals surface area contributed by atoms with Crippen LogP contribution >= 0.6 is 11.6 Å². The van der Waals surface area contributed by atoms with Crippen LogP contribution in [0.25, 0.3) is 0 Å². The van der Waals surface area contributed by atoms with Crippen molar-refractivity contribution in [3.05, 3.63) is 47.0 Å². The van der Waals surface area contributed by atoms with Crippen LogP contribution < -0.4 is 15.0 Å². The number of amides is 1. The Hall–Kier alpha value is -2.33. The van der Waals surface area contributed by atoms with Crippen molar-refractivity contribution in [2.75, 3.05) is 56.2 Å². The lowest BCUT2D eigenvalue weighted by atomic mass is 10.2. The molecule has 2 fully saturated rings. The molecule has 2 heterocycles. The number of aryl methyl sites for hydroxylation is 1. The molecule has 0 bridgehead atoms. The van der Waals surface area contributed by atoms with Gasteiger partial charge in [-0.3, -0.25) is 4.79 Å². The number of rotatable bonds is 7. The van der Waals surface area contributed by atoms with Crippen molar-refractivity contribution in [1.29, 1.82) is 0 Å². The summed E-state index contributed by atoms with van der Waals surface area (Å²) in [5.74, 6) is 0.198. The fourth-order valence-electron chi connectivity index (χ4n) is 4.05. The van der Waals surface area contributed by atoms with Gasteiger partial charge in [0.2, 0.25) is 10.0 Å². The number of nitrogens with zero attached hydrogens (tertiary/aromatic N) is 2. The Morgan fingerprint density at radius 2 is 1.82 bits per heavy atom. The van der Waals surface area contributed by atoms with Gasteiger partial charge < -0.3 is 19.7 Å². The Morgan fingerprint density at radius 1 is 1.09 bits per heavy atom. The van der Waals surface area contributed by atoms with Crippen LogP contribution in [0.4, 0.5) is 11.4 Å². The molecule has 178 valence electrons. The average molecular weight is 494 g/mol. The summed E-state index contributed by atoms with van der Waals surface area (Å²) in [5, 5.41) is 3.46. The number of benzene rings is 2. The minimum Gasteiger partial charge on any atom is -0.483 e. The minimum atomic E-state index is -3.69. The van der Waals surface area contributed by atoms with Crippen LogP contribution in [-0.2, 0) is 19.6 Å². The van der Waals surface area contributed by atoms with E-state index in [0.29, 0.717) is 42.8 Å².